The molecule has 0 aromatic carbocycles. The van der Waals surface area contributed by atoms with Crippen molar-refractivity contribution in [1.82, 2.24) is 30.2 Å². The molecule has 0 atom stereocenters. The van der Waals surface area contributed by atoms with Crippen molar-refractivity contribution in [2.45, 2.75) is 52.9 Å². The van der Waals surface area contributed by atoms with Crippen molar-refractivity contribution in [2.24, 2.45) is 0 Å². The van der Waals surface area contributed by atoms with Crippen LogP contribution in [0, 0.1) is 0 Å². The van der Waals surface area contributed by atoms with E-state index in [1.165, 1.54) is 0 Å². The number of hydrogen-bond donors (Lipinski definition) is 2. The van der Waals surface area contributed by atoms with Crippen LogP contribution in [0.2, 0.25) is 0 Å². The topological polar surface area (TPSA) is 59.7 Å². The second-order valence-electron chi connectivity index (χ2n) is 5.49. The van der Waals surface area contributed by atoms with Crippen LogP contribution in [0.1, 0.15) is 38.1 Å². The van der Waals surface area contributed by atoms with E-state index in [0.29, 0.717) is 0 Å². The summed E-state index contributed by atoms with van der Waals surface area (Å²) in [6.45, 7) is 9.79. The van der Waals surface area contributed by atoms with E-state index in [2.05, 4.69) is 46.8 Å². The number of nitrogens with zero attached hydrogens (tertiary/aromatic N) is 4. The number of aryl methyl sites for hydroxylation is 2. The van der Waals surface area contributed by atoms with Crippen molar-refractivity contribution >= 4 is 0 Å². The van der Waals surface area contributed by atoms with E-state index in [9.17, 15) is 0 Å². The molecule has 6 nitrogen and oxygen atoms in total. The molecule has 0 fully saturated rings. The molecule has 0 saturated carbocycles. The number of nitrogens with one attached hydrogen (secondary N) is 2. The largest absolute Gasteiger partial charge is 0.311 e. The van der Waals surface area contributed by atoms with Crippen LogP contribution in [0.15, 0.2) is 24.5 Å². The minimum atomic E-state index is 0.843. The van der Waals surface area contributed by atoms with Gasteiger partial charge >= 0.3 is 0 Å². The predicted octanol–water partition coefficient (Wildman–Crippen LogP) is 1.78. The Morgan fingerprint density at radius 1 is 0.818 bits per heavy atom. The van der Waals surface area contributed by atoms with E-state index in [0.717, 1.165) is 63.5 Å². The maximum absolute atomic E-state index is 4.57. The van der Waals surface area contributed by atoms with Crippen LogP contribution in [0.5, 0.6) is 0 Å². The Morgan fingerprint density at radius 2 is 1.27 bits per heavy atom. The van der Waals surface area contributed by atoms with Gasteiger partial charge in [0.05, 0.1) is 24.5 Å². The molecule has 2 aromatic rings. The lowest BCUT2D eigenvalue weighted by Gasteiger charge is -2.03. The monoisotopic (exact) mass is 304 g/mol. The second-order valence-corrected chi connectivity index (χ2v) is 5.49. The quantitative estimate of drug-likeness (QED) is 0.621. The van der Waals surface area contributed by atoms with Crippen LogP contribution < -0.4 is 10.6 Å². The molecule has 0 aliphatic heterocycles. The van der Waals surface area contributed by atoms with Crippen LogP contribution in [0.25, 0.3) is 0 Å². The Balaban J connectivity index is 1.73. The van der Waals surface area contributed by atoms with Gasteiger partial charge in [0.2, 0.25) is 0 Å². The lowest BCUT2D eigenvalue weighted by atomic mass is 10.4. The Morgan fingerprint density at radius 3 is 1.68 bits per heavy atom. The molecule has 0 spiro atoms. The Labute approximate surface area is 132 Å². The summed E-state index contributed by atoms with van der Waals surface area (Å²) in [5.41, 5.74) is 2.19. The fourth-order valence-electron chi connectivity index (χ4n) is 2.24. The first-order valence-corrected chi connectivity index (χ1v) is 8.28. The highest BCUT2D eigenvalue weighted by Gasteiger charge is 2.01. The van der Waals surface area contributed by atoms with Gasteiger partial charge in [0, 0.05) is 25.5 Å². The van der Waals surface area contributed by atoms with Gasteiger partial charge in [-0.05, 0) is 38.1 Å². The first kappa shape index (κ1) is 16.7. The molecule has 6 heteroatoms. The molecule has 2 N–H and O–H groups in total. The highest BCUT2D eigenvalue weighted by molar-refractivity contribution is 4.99. The van der Waals surface area contributed by atoms with Gasteiger partial charge in [-0.15, -0.1) is 0 Å². The maximum atomic E-state index is 4.57. The van der Waals surface area contributed by atoms with Crippen molar-refractivity contribution in [1.29, 1.82) is 0 Å². The van der Waals surface area contributed by atoms with Crippen molar-refractivity contribution < 1.29 is 0 Å². The Hall–Kier alpha value is -1.66. The van der Waals surface area contributed by atoms with Crippen molar-refractivity contribution in [2.75, 3.05) is 13.1 Å². The van der Waals surface area contributed by atoms with Crippen LogP contribution in [-0.4, -0.2) is 32.7 Å². The van der Waals surface area contributed by atoms with Crippen molar-refractivity contribution in [3.63, 3.8) is 0 Å². The minimum Gasteiger partial charge on any atom is -0.311 e. The van der Waals surface area contributed by atoms with Gasteiger partial charge in [0.25, 0.3) is 0 Å². The SMILES string of the molecule is CCCNCc1ccn(CCn2ccc(CNCCC)n2)n1. The standard InChI is InChI=1S/C16H28N6/c1-3-7-17-13-15-5-9-21(19-15)11-12-22-10-6-16(20-22)14-18-8-4-2/h5-6,9-10,17-18H,3-4,7-8,11-14H2,1-2H3. The molecular weight excluding hydrogens is 276 g/mol. The molecule has 2 rings (SSSR count). The van der Waals surface area contributed by atoms with Crippen LogP contribution in [-0.2, 0) is 26.2 Å². The zero-order valence-electron chi connectivity index (χ0n) is 13.8. The number of rotatable bonds is 11. The lowest BCUT2D eigenvalue weighted by Crippen LogP contribution is -2.15. The smallest absolute Gasteiger partial charge is 0.0762 e. The summed E-state index contributed by atoms with van der Waals surface area (Å²) >= 11 is 0. The molecule has 0 amide bonds. The normalized spacial score (nSPS) is 11.2. The average Bonchev–Trinajstić information content (AvgIpc) is 3.15. The Bertz CT molecular complexity index is 482. The lowest BCUT2D eigenvalue weighted by molar-refractivity contribution is 0.490. The Kier molecular flexibility index (Phi) is 7.12. The third kappa shape index (κ3) is 5.61. The van der Waals surface area contributed by atoms with Crippen molar-refractivity contribution in [3.05, 3.63) is 35.9 Å². The second kappa shape index (κ2) is 9.38. The zero-order chi connectivity index (χ0) is 15.6. The van der Waals surface area contributed by atoms with Crippen LogP contribution in [0.4, 0.5) is 0 Å². The molecule has 22 heavy (non-hydrogen) atoms. The van der Waals surface area contributed by atoms with E-state index in [1.807, 2.05) is 21.8 Å². The van der Waals surface area contributed by atoms with Gasteiger partial charge in [-0.25, -0.2) is 0 Å². The average molecular weight is 304 g/mol. The number of hydrogen-bond acceptors (Lipinski definition) is 4. The predicted molar refractivity (Wildman–Crippen MR) is 88.4 cm³/mol. The molecule has 0 radical (unpaired) electrons. The fraction of sp³-hybridized carbons (Fsp3) is 0.625. The van der Waals surface area contributed by atoms with E-state index in [-0.39, 0.29) is 0 Å². The fourth-order valence-corrected chi connectivity index (χ4v) is 2.24. The third-order valence-electron chi connectivity index (χ3n) is 3.42. The summed E-state index contributed by atoms with van der Waals surface area (Å²) < 4.78 is 3.97. The maximum Gasteiger partial charge on any atom is 0.0762 e. The molecule has 0 unspecified atom stereocenters. The van der Waals surface area contributed by atoms with E-state index in [4.69, 9.17) is 0 Å². The summed E-state index contributed by atoms with van der Waals surface area (Å²) in [5.74, 6) is 0. The number of aromatic nitrogens is 4. The van der Waals surface area contributed by atoms with Gasteiger partial charge in [-0.1, -0.05) is 13.8 Å². The molecule has 122 valence electrons. The summed E-state index contributed by atoms with van der Waals surface area (Å²) in [7, 11) is 0. The van der Waals surface area contributed by atoms with E-state index in [1.54, 1.807) is 0 Å². The van der Waals surface area contributed by atoms with Gasteiger partial charge in [0.1, 0.15) is 0 Å². The van der Waals surface area contributed by atoms with E-state index < -0.39 is 0 Å². The first-order chi connectivity index (χ1) is 10.8. The summed E-state index contributed by atoms with van der Waals surface area (Å²) in [6, 6.07) is 4.15. The molecule has 2 heterocycles. The minimum absolute atomic E-state index is 0.843. The molecular formula is C16H28N6. The van der Waals surface area contributed by atoms with Gasteiger partial charge in [-0.2, -0.15) is 10.2 Å². The molecule has 0 aliphatic rings. The van der Waals surface area contributed by atoms with Crippen molar-refractivity contribution in [3.8, 4) is 0 Å². The third-order valence-corrected chi connectivity index (χ3v) is 3.42. The highest BCUT2D eigenvalue weighted by Crippen LogP contribution is 1.99. The summed E-state index contributed by atoms with van der Waals surface area (Å²) in [5, 5.41) is 15.9. The van der Waals surface area contributed by atoms with Gasteiger partial charge in [0.15, 0.2) is 0 Å². The molecule has 2 aromatic heterocycles. The highest BCUT2D eigenvalue weighted by atomic mass is 15.3. The molecule has 0 bridgehead atoms. The first-order valence-electron chi connectivity index (χ1n) is 8.28. The van der Waals surface area contributed by atoms with Crippen LogP contribution in [0.3, 0.4) is 0 Å². The molecule has 0 aliphatic carbocycles. The summed E-state index contributed by atoms with van der Waals surface area (Å²) in [4.78, 5) is 0. The van der Waals surface area contributed by atoms with Gasteiger partial charge in [-0.3, -0.25) is 9.36 Å². The van der Waals surface area contributed by atoms with E-state index >= 15 is 0 Å². The van der Waals surface area contributed by atoms with Crippen LogP contribution >= 0.6 is 0 Å². The van der Waals surface area contributed by atoms with Gasteiger partial charge < -0.3 is 10.6 Å². The summed E-state index contributed by atoms with van der Waals surface area (Å²) in [6.07, 6.45) is 6.37. The zero-order valence-corrected chi connectivity index (χ0v) is 13.8. The molecule has 0 saturated heterocycles.